The molecule has 9 unspecified atom stereocenters. The zero-order valence-corrected chi connectivity index (χ0v) is 20.5. The summed E-state index contributed by atoms with van der Waals surface area (Å²) in [5.74, 6) is 0.215. The molecule has 0 aromatic carbocycles. The fraction of sp³-hybridized carbons (Fsp3) is 0.958. The van der Waals surface area contributed by atoms with E-state index in [9.17, 15) is 35.4 Å². The van der Waals surface area contributed by atoms with E-state index in [2.05, 4.69) is 5.32 Å². The minimum atomic E-state index is -1.57. The number of aliphatic hydroxyl groups is 7. The summed E-state index contributed by atoms with van der Waals surface area (Å²) in [6, 6.07) is -0.908. The van der Waals surface area contributed by atoms with Crippen LogP contribution >= 0.6 is 0 Å². The number of carbonyl (C=O) groups is 1. The molecule has 2 saturated heterocycles. The van der Waals surface area contributed by atoms with Crippen molar-refractivity contribution in [2.24, 2.45) is 0 Å². The van der Waals surface area contributed by atoms with Gasteiger partial charge < -0.3 is 50.5 Å². The maximum atomic E-state index is 11.6. The molecule has 35 heavy (non-hydrogen) atoms. The number of nitrogens with one attached hydrogen (secondary N) is 1. The van der Waals surface area contributed by atoms with E-state index in [-0.39, 0.29) is 25.0 Å². The van der Waals surface area contributed by atoms with Gasteiger partial charge in [-0.2, -0.15) is 0 Å². The third kappa shape index (κ3) is 9.26. The molecule has 2 heterocycles. The van der Waals surface area contributed by atoms with Crippen LogP contribution in [0.3, 0.4) is 0 Å². The molecule has 11 heteroatoms. The minimum absolute atomic E-state index is 0.0579. The van der Waals surface area contributed by atoms with Crippen molar-refractivity contribution in [3.63, 3.8) is 0 Å². The fourth-order valence-corrected chi connectivity index (χ4v) is 4.83. The van der Waals surface area contributed by atoms with Gasteiger partial charge in [0.15, 0.2) is 6.29 Å². The van der Waals surface area contributed by atoms with E-state index in [0.29, 0.717) is 25.7 Å². The number of rotatable bonds is 17. The van der Waals surface area contributed by atoms with Gasteiger partial charge in [0.25, 0.3) is 0 Å². The van der Waals surface area contributed by atoms with E-state index < -0.39 is 55.6 Å². The van der Waals surface area contributed by atoms with Gasteiger partial charge >= 0.3 is 0 Å². The number of hydrogen-bond donors (Lipinski definition) is 8. The highest BCUT2D eigenvalue weighted by molar-refractivity contribution is 5.78. The molecule has 0 amide bonds. The average molecular weight is 508 g/mol. The van der Waals surface area contributed by atoms with Gasteiger partial charge in [0.05, 0.1) is 25.4 Å². The summed E-state index contributed by atoms with van der Waals surface area (Å²) >= 11 is 0. The smallest absolute Gasteiger partial charge is 0.187 e. The van der Waals surface area contributed by atoms with Gasteiger partial charge in [-0.3, -0.25) is 4.79 Å². The van der Waals surface area contributed by atoms with Crippen LogP contribution in [0.2, 0.25) is 0 Å². The van der Waals surface area contributed by atoms with Crippen LogP contribution in [0.4, 0.5) is 0 Å². The van der Waals surface area contributed by atoms with E-state index in [4.69, 9.17) is 14.6 Å². The highest BCUT2D eigenvalue weighted by atomic mass is 16.7. The number of aliphatic hydroxyl groups excluding tert-OH is 7. The van der Waals surface area contributed by atoms with Crippen LogP contribution < -0.4 is 5.32 Å². The maximum absolute atomic E-state index is 11.6. The number of unbranched alkanes of at least 4 members (excludes halogenated alkanes) is 6. The molecule has 11 nitrogen and oxygen atoms in total. The molecule has 0 bridgehead atoms. The molecule has 206 valence electrons. The van der Waals surface area contributed by atoms with E-state index in [1.165, 1.54) is 0 Å². The largest absolute Gasteiger partial charge is 0.396 e. The molecule has 9 atom stereocenters. The molecule has 0 radical (unpaired) electrons. The van der Waals surface area contributed by atoms with E-state index >= 15 is 0 Å². The van der Waals surface area contributed by atoms with Crippen molar-refractivity contribution in [1.82, 2.24) is 5.32 Å². The zero-order chi connectivity index (χ0) is 25.8. The SMILES string of the molecule is O=C(CCCO)CCCCCCCCCC1NC(CO)C(O)C1OC1OC(CO)C(O)C(O)C1O. The Hall–Kier alpha value is -0.730. The standard InChI is InChI=1S/C24H45NO10/c26-12-8-10-15(29)9-6-4-2-1-3-5-7-11-16-23(19(30)17(13-27)25-16)35-24-22(33)21(32)20(31)18(14-28)34-24/h16-28,30-33H,1-14H2. The third-order valence-electron chi connectivity index (χ3n) is 6.99. The predicted molar refractivity (Wildman–Crippen MR) is 125 cm³/mol. The van der Waals surface area contributed by atoms with Crippen LogP contribution in [0.1, 0.15) is 70.6 Å². The Labute approximate surface area is 207 Å². The van der Waals surface area contributed by atoms with Gasteiger partial charge in [0.1, 0.15) is 36.3 Å². The van der Waals surface area contributed by atoms with Gasteiger partial charge in [0, 0.05) is 25.5 Å². The molecule has 2 rings (SSSR count). The maximum Gasteiger partial charge on any atom is 0.187 e. The Balaban J connectivity index is 1.71. The Kier molecular flexibility index (Phi) is 14.1. The Morgan fingerprint density at radius 1 is 0.714 bits per heavy atom. The number of Topliss-reactive ketones (excluding diaryl/α,β-unsaturated/α-hetero) is 1. The zero-order valence-electron chi connectivity index (χ0n) is 20.5. The normalized spacial score (nSPS) is 35.5. The lowest BCUT2D eigenvalue weighted by molar-refractivity contribution is -0.316. The quantitative estimate of drug-likeness (QED) is 0.109. The summed E-state index contributed by atoms with van der Waals surface area (Å²) in [5, 5.41) is 71.7. The number of ether oxygens (including phenoxy) is 2. The summed E-state index contributed by atoms with van der Waals surface area (Å²) in [7, 11) is 0. The van der Waals surface area contributed by atoms with Crippen molar-refractivity contribution < 1.29 is 50.0 Å². The van der Waals surface area contributed by atoms with Crippen LogP contribution in [-0.4, -0.2) is 116 Å². The van der Waals surface area contributed by atoms with Crippen LogP contribution in [0.25, 0.3) is 0 Å². The van der Waals surface area contributed by atoms with Crippen molar-refractivity contribution in [3.8, 4) is 0 Å². The lowest BCUT2D eigenvalue weighted by Crippen LogP contribution is -2.60. The first kappa shape index (κ1) is 30.5. The number of ketones is 1. The first-order valence-electron chi connectivity index (χ1n) is 13.0. The average Bonchev–Trinajstić information content (AvgIpc) is 3.15. The summed E-state index contributed by atoms with van der Waals surface area (Å²) in [6.07, 6.45) is 0.195. The Morgan fingerprint density at radius 2 is 1.34 bits per heavy atom. The molecule has 0 aromatic rings. The molecule has 2 aliphatic heterocycles. The van der Waals surface area contributed by atoms with E-state index in [1.807, 2.05) is 0 Å². The van der Waals surface area contributed by atoms with E-state index in [1.54, 1.807) is 0 Å². The lowest BCUT2D eigenvalue weighted by atomic mass is 9.98. The highest BCUT2D eigenvalue weighted by Crippen LogP contribution is 2.28. The molecule has 0 aliphatic carbocycles. The topological polar surface area (TPSA) is 189 Å². The lowest BCUT2D eigenvalue weighted by Gasteiger charge is -2.41. The monoisotopic (exact) mass is 507 g/mol. The predicted octanol–water partition coefficient (Wildman–Crippen LogP) is -1.28. The van der Waals surface area contributed by atoms with Crippen LogP contribution in [-0.2, 0) is 14.3 Å². The minimum Gasteiger partial charge on any atom is -0.396 e. The summed E-state index contributed by atoms with van der Waals surface area (Å²) in [4.78, 5) is 11.6. The molecule has 0 spiro atoms. The second-order valence-corrected chi connectivity index (χ2v) is 9.73. The van der Waals surface area contributed by atoms with Gasteiger partial charge in [-0.15, -0.1) is 0 Å². The third-order valence-corrected chi connectivity index (χ3v) is 6.99. The second-order valence-electron chi connectivity index (χ2n) is 9.73. The molecule has 0 aromatic heterocycles. The molecule has 2 fully saturated rings. The molecule has 8 N–H and O–H groups in total. The molecular formula is C24H45NO10. The molecular weight excluding hydrogens is 462 g/mol. The second kappa shape index (κ2) is 16.2. The van der Waals surface area contributed by atoms with Gasteiger partial charge in [-0.05, 0) is 19.3 Å². The van der Waals surface area contributed by atoms with Crippen molar-refractivity contribution >= 4 is 5.78 Å². The number of carbonyl (C=O) groups excluding carboxylic acids is 1. The summed E-state index contributed by atoms with van der Waals surface area (Å²) in [6.45, 7) is -0.809. The van der Waals surface area contributed by atoms with Gasteiger partial charge in [-0.25, -0.2) is 0 Å². The van der Waals surface area contributed by atoms with Crippen molar-refractivity contribution in [3.05, 3.63) is 0 Å². The number of hydrogen-bond acceptors (Lipinski definition) is 11. The van der Waals surface area contributed by atoms with E-state index in [0.717, 1.165) is 44.9 Å². The first-order chi connectivity index (χ1) is 16.8. The fourth-order valence-electron chi connectivity index (χ4n) is 4.83. The summed E-state index contributed by atoms with van der Waals surface area (Å²) < 4.78 is 11.2. The van der Waals surface area contributed by atoms with Gasteiger partial charge in [0.2, 0.25) is 0 Å². The Bertz CT molecular complexity index is 595. The Morgan fingerprint density at radius 3 is 1.97 bits per heavy atom. The molecule has 2 aliphatic rings. The van der Waals surface area contributed by atoms with Crippen molar-refractivity contribution in [1.29, 1.82) is 0 Å². The highest BCUT2D eigenvalue weighted by Gasteiger charge is 2.49. The first-order valence-corrected chi connectivity index (χ1v) is 13.0. The van der Waals surface area contributed by atoms with Crippen LogP contribution in [0.5, 0.6) is 0 Å². The van der Waals surface area contributed by atoms with Crippen molar-refractivity contribution in [2.75, 3.05) is 19.8 Å². The van der Waals surface area contributed by atoms with Gasteiger partial charge in [-0.1, -0.05) is 38.5 Å². The van der Waals surface area contributed by atoms with Crippen LogP contribution in [0.15, 0.2) is 0 Å². The molecule has 0 saturated carbocycles. The summed E-state index contributed by atoms with van der Waals surface area (Å²) in [5.41, 5.74) is 0. The van der Waals surface area contributed by atoms with Crippen molar-refractivity contribution in [2.45, 2.75) is 126 Å². The van der Waals surface area contributed by atoms with Crippen LogP contribution in [0, 0.1) is 0 Å².